The molecular weight excluding hydrogens is 264 g/mol. The van der Waals surface area contributed by atoms with E-state index < -0.39 is 20.0 Å². The van der Waals surface area contributed by atoms with E-state index in [-0.39, 0.29) is 31.9 Å². The fourth-order valence-electron chi connectivity index (χ4n) is 1.74. The van der Waals surface area contributed by atoms with E-state index in [9.17, 15) is 16.8 Å². The maximum Gasteiger partial charge on any atom is 0.214 e. The van der Waals surface area contributed by atoms with Gasteiger partial charge in [0.1, 0.15) is 0 Å². The van der Waals surface area contributed by atoms with Gasteiger partial charge in [-0.25, -0.2) is 16.8 Å². The maximum atomic E-state index is 11.9. The third-order valence-electron chi connectivity index (χ3n) is 2.82. The molecule has 0 amide bonds. The summed E-state index contributed by atoms with van der Waals surface area (Å²) in [4.78, 5) is 0. The van der Waals surface area contributed by atoms with Crippen molar-refractivity contribution in [2.45, 2.75) is 19.8 Å². The van der Waals surface area contributed by atoms with Crippen molar-refractivity contribution in [1.82, 2.24) is 8.61 Å². The van der Waals surface area contributed by atoms with Gasteiger partial charge >= 0.3 is 0 Å². The number of piperazine rings is 1. The van der Waals surface area contributed by atoms with Crippen LogP contribution < -0.4 is 0 Å². The molecule has 0 saturated carbocycles. The molecule has 0 bridgehead atoms. The van der Waals surface area contributed by atoms with Crippen molar-refractivity contribution in [3.05, 3.63) is 0 Å². The van der Waals surface area contributed by atoms with E-state index in [1.807, 2.05) is 6.92 Å². The van der Waals surface area contributed by atoms with Gasteiger partial charge < -0.3 is 0 Å². The van der Waals surface area contributed by atoms with Crippen LogP contribution in [-0.4, -0.2) is 63.6 Å². The van der Waals surface area contributed by atoms with Gasteiger partial charge in [-0.2, -0.15) is 8.61 Å². The van der Waals surface area contributed by atoms with E-state index >= 15 is 0 Å². The van der Waals surface area contributed by atoms with Gasteiger partial charge in [-0.05, 0) is 6.42 Å². The molecule has 0 N–H and O–H groups in total. The summed E-state index contributed by atoms with van der Waals surface area (Å²) in [7, 11) is -6.40. The van der Waals surface area contributed by atoms with Crippen LogP contribution in [0, 0.1) is 0 Å². The molecule has 102 valence electrons. The molecule has 6 nitrogen and oxygen atoms in total. The van der Waals surface area contributed by atoms with Gasteiger partial charge in [-0.1, -0.05) is 13.3 Å². The SMILES string of the molecule is CCCCS(=O)(=O)N1CCN(S(C)(=O)=O)CC1. The topological polar surface area (TPSA) is 74.8 Å². The molecule has 0 aliphatic carbocycles. The van der Waals surface area contributed by atoms with E-state index in [2.05, 4.69) is 0 Å². The Morgan fingerprint density at radius 3 is 1.82 bits per heavy atom. The zero-order valence-corrected chi connectivity index (χ0v) is 11.9. The molecule has 1 aliphatic rings. The standard InChI is InChI=1S/C9H20N2O4S2/c1-3-4-9-17(14,15)11-7-5-10(6-8-11)16(2,12)13/h3-9H2,1-2H3. The Balaban J connectivity index is 2.58. The van der Waals surface area contributed by atoms with Crippen LogP contribution >= 0.6 is 0 Å². The molecule has 0 aromatic carbocycles. The lowest BCUT2D eigenvalue weighted by Gasteiger charge is -2.32. The van der Waals surface area contributed by atoms with Gasteiger partial charge in [-0.3, -0.25) is 0 Å². The van der Waals surface area contributed by atoms with Gasteiger partial charge in [0.15, 0.2) is 0 Å². The molecule has 0 aromatic heterocycles. The Morgan fingerprint density at radius 1 is 0.941 bits per heavy atom. The van der Waals surface area contributed by atoms with Crippen molar-refractivity contribution >= 4 is 20.0 Å². The Labute approximate surface area is 104 Å². The smallest absolute Gasteiger partial charge is 0.213 e. The monoisotopic (exact) mass is 284 g/mol. The molecule has 0 spiro atoms. The first-order chi connectivity index (χ1) is 7.77. The van der Waals surface area contributed by atoms with Crippen LogP contribution in [0.3, 0.4) is 0 Å². The van der Waals surface area contributed by atoms with Gasteiger partial charge in [0, 0.05) is 26.2 Å². The Morgan fingerprint density at radius 2 is 1.41 bits per heavy atom. The number of unbranched alkanes of at least 4 members (excludes halogenated alkanes) is 1. The minimum absolute atomic E-state index is 0.155. The fraction of sp³-hybridized carbons (Fsp3) is 1.00. The van der Waals surface area contributed by atoms with Crippen LogP contribution in [0.15, 0.2) is 0 Å². The molecule has 0 atom stereocenters. The second-order valence-corrected chi connectivity index (χ2v) is 8.30. The predicted octanol–water partition coefficient (Wildman–Crippen LogP) is -0.306. The van der Waals surface area contributed by atoms with Crippen LogP contribution in [0.4, 0.5) is 0 Å². The Kier molecular flexibility index (Phi) is 4.94. The third kappa shape index (κ3) is 4.20. The predicted molar refractivity (Wildman–Crippen MR) is 66.7 cm³/mol. The first-order valence-electron chi connectivity index (χ1n) is 5.70. The van der Waals surface area contributed by atoms with Crippen molar-refractivity contribution in [1.29, 1.82) is 0 Å². The molecule has 17 heavy (non-hydrogen) atoms. The number of sulfonamides is 2. The van der Waals surface area contributed by atoms with Crippen LogP contribution in [0.1, 0.15) is 19.8 Å². The third-order valence-corrected chi connectivity index (χ3v) is 6.08. The van der Waals surface area contributed by atoms with Crippen LogP contribution in [0.2, 0.25) is 0 Å². The molecule has 0 aromatic rings. The lowest BCUT2D eigenvalue weighted by molar-refractivity contribution is 0.274. The first kappa shape index (κ1) is 14.9. The number of nitrogens with zero attached hydrogens (tertiary/aromatic N) is 2. The molecule has 1 heterocycles. The van der Waals surface area contributed by atoms with E-state index in [0.717, 1.165) is 12.7 Å². The molecule has 1 rings (SSSR count). The van der Waals surface area contributed by atoms with Gasteiger partial charge in [-0.15, -0.1) is 0 Å². The van der Waals surface area contributed by atoms with Crippen LogP contribution in [0.5, 0.6) is 0 Å². The number of hydrogen-bond acceptors (Lipinski definition) is 4. The molecule has 0 unspecified atom stereocenters. The molecule has 1 saturated heterocycles. The second kappa shape index (κ2) is 5.64. The summed E-state index contributed by atoms with van der Waals surface area (Å²) in [5, 5.41) is 0. The summed E-state index contributed by atoms with van der Waals surface area (Å²) in [5.74, 6) is 0.155. The van der Waals surface area contributed by atoms with Crippen molar-refractivity contribution in [3.63, 3.8) is 0 Å². The number of rotatable bonds is 5. The van der Waals surface area contributed by atoms with E-state index in [0.29, 0.717) is 6.42 Å². The fourth-order valence-corrected chi connectivity index (χ4v) is 4.19. The summed E-state index contributed by atoms with van der Waals surface area (Å²) in [6.07, 6.45) is 2.63. The number of hydrogen-bond donors (Lipinski definition) is 0. The van der Waals surface area contributed by atoms with E-state index in [1.165, 1.54) is 8.61 Å². The minimum atomic E-state index is -3.20. The van der Waals surface area contributed by atoms with E-state index in [4.69, 9.17) is 0 Å². The summed E-state index contributed by atoms with van der Waals surface area (Å²) in [6.45, 7) is 2.98. The van der Waals surface area contributed by atoms with Crippen molar-refractivity contribution in [2.75, 3.05) is 38.2 Å². The van der Waals surface area contributed by atoms with Crippen molar-refractivity contribution < 1.29 is 16.8 Å². The van der Waals surface area contributed by atoms with Gasteiger partial charge in [0.25, 0.3) is 0 Å². The van der Waals surface area contributed by atoms with Crippen molar-refractivity contribution in [2.24, 2.45) is 0 Å². The first-order valence-corrected chi connectivity index (χ1v) is 9.16. The van der Waals surface area contributed by atoms with Gasteiger partial charge in [0.05, 0.1) is 12.0 Å². The average Bonchev–Trinajstić information content (AvgIpc) is 2.25. The van der Waals surface area contributed by atoms with Crippen LogP contribution in [0.25, 0.3) is 0 Å². The summed E-state index contributed by atoms with van der Waals surface area (Å²) >= 11 is 0. The normalized spacial score (nSPS) is 20.6. The molecule has 1 fully saturated rings. The Hall–Kier alpha value is -0.180. The Bertz CT molecular complexity index is 436. The van der Waals surface area contributed by atoms with Crippen LogP contribution in [-0.2, 0) is 20.0 Å². The average molecular weight is 284 g/mol. The quantitative estimate of drug-likeness (QED) is 0.694. The summed E-state index contributed by atoms with van der Waals surface area (Å²) in [6, 6.07) is 0. The highest BCUT2D eigenvalue weighted by molar-refractivity contribution is 7.89. The molecule has 8 heteroatoms. The molecule has 1 aliphatic heterocycles. The summed E-state index contributed by atoms with van der Waals surface area (Å²) < 4.78 is 49.0. The minimum Gasteiger partial charge on any atom is -0.213 e. The zero-order chi connectivity index (χ0) is 13.1. The highest BCUT2D eigenvalue weighted by Crippen LogP contribution is 2.11. The van der Waals surface area contributed by atoms with Crippen molar-refractivity contribution in [3.8, 4) is 0 Å². The maximum absolute atomic E-state index is 11.9. The highest BCUT2D eigenvalue weighted by Gasteiger charge is 2.29. The van der Waals surface area contributed by atoms with E-state index in [1.54, 1.807) is 0 Å². The van der Waals surface area contributed by atoms with Gasteiger partial charge in [0.2, 0.25) is 20.0 Å². The lowest BCUT2D eigenvalue weighted by atomic mass is 10.4. The molecular formula is C9H20N2O4S2. The highest BCUT2D eigenvalue weighted by atomic mass is 32.2. The largest absolute Gasteiger partial charge is 0.214 e. The lowest BCUT2D eigenvalue weighted by Crippen LogP contribution is -2.50. The second-order valence-electron chi connectivity index (χ2n) is 4.23. The zero-order valence-electron chi connectivity index (χ0n) is 10.3. The summed E-state index contributed by atoms with van der Waals surface area (Å²) in [5.41, 5.74) is 0. The molecule has 0 radical (unpaired) electrons.